The topological polar surface area (TPSA) is 30.7 Å². The normalized spacial score (nSPS) is 11.0. The van der Waals surface area contributed by atoms with Gasteiger partial charge in [0.2, 0.25) is 0 Å². The van der Waals surface area contributed by atoms with Crippen molar-refractivity contribution in [1.82, 2.24) is 14.8 Å². The quantitative estimate of drug-likeness (QED) is 0.246. The lowest BCUT2D eigenvalue weighted by Crippen LogP contribution is -2.01. The first kappa shape index (κ1) is 19.7. The minimum absolute atomic E-state index is 0.682. The molecule has 2 heterocycles. The predicted molar refractivity (Wildman–Crippen MR) is 124 cm³/mol. The van der Waals surface area contributed by atoms with Crippen LogP contribution >= 0.6 is 23.1 Å². The number of aromatic nitrogens is 3. The molecule has 0 spiro atoms. The maximum absolute atomic E-state index is 4.59. The molecule has 0 aliphatic rings. The molecular weight excluding hydrogens is 394 g/mol. The SMILES string of the molecule is C=CCn1c(SCc2ccccc2C)nnc1-c1csc(C)c1-c1ccccc1. The highest BCUT2D eigenvalue weighted by atomic mass is 32.2. The van der Waals surface area contributed by atoms with Crippen molar-refractivity contribution in [2.75, 3.05) is 0 Å². The zero-order chi connectivity index (χ0) is 20.2. The summed E-state index contributed by atoms with van der Waals surface area (Å²) in [4.78, 5) is 1.29. The molecule has 0 saturated carbocycles. The Labute approximate surface area is 180 Å². The third-order valence-corrected chi connectivity index (χ3v) is 6.85. The van der Waals surface area contributed by atoms with Crippen LogP contribution in [0.5, 0.6) is 0 Å². The lowest BCUT2D eigenvalue weighted by Gasteiger charge is -2.10. The Kier molecular flexibility index (Phi) is 5.97. The largest absolute Gasteiger partial charge is 0.298 e. The van der Waals surface area contributed by atoms with Crippen molar-refractivity contribution in [1.29, 1.82) is 0 Å². The Morgan fingerprint density at radius 2 is 1.79 bits per heavy atom. The van der Waals surface area contributed by atoms with E-state index in [1.165, 1.54) is 27.1 Å². The van der Waals surface area contributed by atoms with Crippen LogP contribution < -0.4 is 0 Å². The number of allylic oxidation sites excluding steroid dienone is 1. The molecule has 0 aliphatic carbocycles. The van der Waals surface area contributed by atoms with Crippen LogP contribution in [-0.4, -0.2) is 14.8 Å². The summed E-state index contributed by atoms with van der Waals surface area (Å²) in [5.41, 5.74) is 6.21. The zero-order valence-corrected chi connectivity index (χ0v) is 18.3. The molecule has 0 fully saturated rings. The number of benzene rings is 2. The number of aryl methyl sites for hydroxylation is 2. The Bertz CT molecular complexity index is 1130. The fraction of sp³-hybridized carbons (Fsp3) is 0.167. The van der Waals surface area contributed by atoms with Gasteiger partial charge in [-0.25, -0.2) is 0 Å². The Hall–Kier alpha value is -2.63. The summed E-state index contributed by atoms with van der Waals surface area (Å²) in [5, 5.41) is 12.2. The molecule has 0 atom stereocenters. The molecule has 0 bridgehead atoms. The standard InChI is InChI=1S/C24H23N3S2/c1-4-14-27-23(21-16-28-18(3)22(21)19-11-6-5-7-12-19)25-26-24(27)29-15-20-13-9-8-10-17(20)2/h4-13,16H,1,14-15H2,2-3H3. The van der Waals surface area contributed by atoms with Gasteiger partial charge < -0.3 is 0 Å². The number of hydrogen-bond acceptors (Lipinski definition) is 4. The molecule has 0 N–H and O–H groups in total. The van der Waals surface area contributed by atoms with Crippen LogP contribution in [0.15, 0.2) is 77.8 Å². The van der Waals surface area contributed by atoms with Crippen molar-refractivity contribution in [2.45, 2.75) is 31.3 Å². The monoisotopic (exact) mass is 417 g/mol. The number of hydrogen-bond donors (Lipinski definition) is 0. The van der Waals surface area contributed by atoms with Gasteiger partial charge in [-0.2, -0.15) is 0 Å². The zero-order valence-electron chi connectivity index (χ0n) is 16.6. The van der Waals surface area contributed by atoms with E-state index in [2.05, 4.69) is 89.1 Å². The second-order valence-corrected chi connectivity index (χ2v) is 8.89. The van der Waals surface area contributed by atoms with Crippen molar-refractivity contribution in [3.8, 4) is 22.5 Å². The summed E-state index contributed by atoms with van der Waals surface area (Å²) in [7, 11) is 0. The van der Waals surface area contributed by atoms with Crippen molar-refractivity contribution in [3.05, 3.63) is 88.6 Å². The van der Waals surface area contributed by atoms with E-state index in [1.807, 2.05) is 12.1 Å². The first-order chi connectivity index (χ1) is 14.2. The van der Waals surface area contributed by atoms with Gasteiger partial charge in [0.15, 0.2) is 11.0 Å². The molecule has 146 valence electrons. The number of rotatable bonds is 7. The Balaban J connectivity index is 1.71. The van der Waals surface area contributed by atoms with Gasteiger partial charge in [0.05, 0.1) is 0 Å². The van der Waals surface area contributed by atoms with Crippen LogP contribution in [0.3, 0.4) is 0 Å². The maximum Gasteiger partial charge on any atom is 0.192 e. The number of thiophene rings is 1. The second-order valence-electron chi connectivity index (χ2n) is 6.87. The lowest BCUT2D eigenvalue weighted by atomic mass is 10.0. The van der Waals surface area contributed by atoms with Crippen LogP contribution in [0.25, 0.3) is 22.5 Å². The maximum atomic E-state index is 4.59. The molecule has 0 amide bonds. The molecule has 4 rings (SSSR count). The predicted octanol–water partition coefficient (Wildman–Crippen LogP) is 6.77. The van der Waals surface area contributed by atoms with E-state index >= 15 is 0 Å². The molecule has 2 aromatic carbocycles. The van der Waals surface area contributed by atoms with E-state index in [0.717, 1.165) is 22.3 Å². The highest BCUT2D eigenvalue weighted by Crippen LogP contribution is 2.39. The lowest BCUT2D eigenvalue weighted by molar-refractivity contribution is 0.731. The van der Waals surface area contributed by atoms with E-state index in [9.17, 15) is 0 Å². The highest BCUT2D eigenvalue weighted by molar-refractivity contribution is 7.98. The Morgan fingerprint density at radius 1 is 1.03 bits per heavy atom. The summed E-state index contributed by atoms with van der Waals surface area (Å²) in [6, 6.07) is 19.0. The summed E-state index contributed by atoms with van der Waals surface area (Å²) in [5.74, 6) is 1.77. The summed E-state index contributed by atoms with van der Waals surface area (Å²) >= 11 is 3.48. The van der Waals surface area contributed by atoms with Crippen LogP contribution in [0, 0.1) is 13.8 Å². The summed E-state index contributed by atoms with van der Waals surface area (Å²) in [6.07, 6.45) is 1.91. The molecule has 29 heavy (non-hydrogen) atoms. The van der Waals surface area contributed by atoms with Gasteiger partial charge in [-0.3, -0.25) is 4.57 Å². The van der Waals surface area contributed by atoms with Crippen molar-refractivity contribution >= 4 is 23.1 Å². The van der Waals surface area contributed by atoms with Crippen molar-refractivity contribution in [3.63, 3.8) is 0 Å². The van der Waals surface area contributed by atoms with Crippen LogP contribution in [0.4, 0.5) is 0 Å². The third kappa shape index (κ3) is 4.07. The van der Waals surface area contributed by atoms with Crippen LogP contribution in [-0.2, 0) is 12.3 Å². The van der Waals surface area contributed by atoms with Gasteiger partial charge in [-0.15, -0.1) is 28.1 Å². The van der Waals surface area contributed by atoms with E-state index in [4.69, 9.17) is 0 Å². The third-order valence-electron chi connectivity index (χ3n) is 4.92. The molecule has 5 heteroatoms. The van der Waals surface area contributed by atoms with Crippen molar-refractivity contribution in [2.24, 2.45) is 0 Å². The molecule has 4 aromatic rings. The van der Waals surface area contributed by atoms with Gasteiger partial charge in [0.1, 0.15) is 0 Å². The average molecular weight is 418 g/mol. The fourth-order valence-corrected chi connectivity index (χ4v) is 5.27. The van der Waals surface area contributed by atoms with Crippen LogP contribution in [0.2, 0.25) is 0 Å². The Morgan fingerprint density at radius 3 is 2.55 bits per heavy atom. The molecule has 2 aromatic heterocycles. The average Bonchev–Trinajstić information content (AvgIpc) is 3.31. The highest BCUT2D eigenvalue weighted by Gasteiger charge is 2.20. The van der Waals surface area contributed by atoms with E-state index in [-0.39, 0.29) is 0 Å². The number of thioether (sulfide) groups is 1. The second kappa shape index (κ2) is 8.80. The molecule has 0 saturated heterocycles. The van der Waals surface area contributed by atoms with Gasteiger partial charge in [0, 0.05) is 33.7 Å². The van der Waals surface area contributed by atoms with E-state index < -0.39 is 0 Å². The van der Waals surface area contributed by atoms with Crippen LogP contribution in [0.1, 0.15) is 16.0 Å². The minimum Gasteiger partial charge on any atom is -0.298 e. The summed E-state index contributed by atoms with van der Waals surface area (Å²) < 4.78 is 2.17. The molecule has 0 unspecified atom stereocenters. The fourth-order valence-electron chi connectivity index (χ4n) is 3.39. The van der Waals surface area contributed by atoms with Gasteiger partial charge >= 0.3 is 0 Å². The van der Waals surface area contributed by atoms with Gasteiger partial charge in [-0.1, -0.05) is 72.4 Å². The first-order valence-electron chi connectivity index (χ1n) is 9.54. The van der Waals surface area contributed by atoms with E-state index in [1.54, 1.807) is 23.1 Å². The first-order valence-corrected chi connectivity index (χ1v) is 11.4. The van der Waals surface area contributed by atoms with E-state index in [0.29, 0.717) is 6.54 Å². The molecule has 0 aliphatic heterocycles. The number of nitrogens with zero attached hydrogens (tertiary/aromatic N) is 3. The van der Waals surface area contributed by atoms with Gasteiger partial charge in [-0.05, 0) is 30.5 Å². The smallest absolute Gasteiger partial charge is 0.192 e. The van der Waals surface area contributed by atoms with Crippen molar-refractivity contribution < 1.29 is 0 Å². The summed E-state index contributed by atoms with van der Waals surface area (Å²) in [6.45, 7) is 8.94. The minimum atomic E-state index is 0.682. The van der Waals surface area contributed by atoms with Gasteiger partial charge in [0.25, 0.3) is 0 Å². The molecule has 0 radical (unpaired) electrons. The molecular formula is C24H23N3S2. The molecule has 3 nitrogen and oxygen atoms in total.